The molecule has 0 aliphatic carbocycles. The molecule has 0 saturated heterocycles. The molecule has 8 amide bonds. The number of rotatable bonds is 21. The van der Waals surface area contributed by atoms with E-state index < -0.39 is 89.9 Å². The minimum Gasteiger partial charge on any atom is -0.481 e. The van der Waals surface area contributed by atoms with E-state index in [0.29, 0.717) is 17.9 Å². The van der Waals surface area contributed by atoms with E-state index in [1.165, 1.54) is 0 Å². The fourth-order valence-electron chi connectivity index (χ4n) is 4.25. The maximum atomic E-state index is 12.9. The molecule has 0 bridgehead atoms. The lowest BCUT2D eigenvalue weighted by molar-refractivity contribution is -0.140. The predicted molar refractivity (Wildman–Crippen MR) is 174 cm³/mol. The van der Waals surface area contributed by atoms with Gasteiger partial charge in [-0.05, 0) is 46.5 Å². The van der Waals surface area contributed by atoms with E-state index in [4.69, 9.17) is 20.7 Å². The minimum atomic E-state index is -1.33. The topological polar surface area (TPSA) is 301 Å². The third kappa shape index (κ3) is 18.2. The number of nitrogens with one attached hydrogen (secondary N) is 4. The number of nitrogens with two attached hydrogens (primary N) is 1. The van der Waals surface area contributed by atoms with Gasteiger partial charge in [0.05, 0.1) is 6.04 Å². The van der Waals surface area contributed by atoms with E-state index in [1.807, 2.05) is 0 Å². The zero-order chi connectivity index (χ0) is 38.7. The van der Waals surface area contributed by atoms with Gasteiger partial charge in [0.2, 0.25) is 23.6 Å². The summed E-state index contributed by atoms with van der Waals surface area (Å²) in [4.78, 5) is 122. The van der Waals surface area contributed by atoms with E-state index in [2.05, 4.69) is 21.4 Å². The Labute approximate surface area is 293 Å². The molecule has 0 aromatic carbocycles. The van der Waals surface area contributed by atoms with Crippen molar-refractivity contribution in [3.8, 4) is 0 Å². The molecule has 51 heavy (non-hydrogen) atoms. The first-order valence-corrected chi connectivity index (χ1v) is 16.2. The van der Waals surface area contributed by atoms with Crippen LogP contribution in [-0.2, 0) is 47.9 Å². The molecular formula is C31H47N7O13. The highest BCUT2D eigenvalue weighted by molar-refractivity contribution is 6.12. The largest absolute Gasteiger partial charge is 0.481 e. The van der Waals surface area contributed by atoms with Crippen LogP contribution in [0.1, 0.15) is 85.0 Å². The van der Waals surface area contributed by atoms with Gasteiger partial charge in [0.15, 0.2) is 0 Å². The number of unbranched alkanes of at least 4 members (excludes halogenated alkanes) is 2. The average molecular weight is 726 g/mol. The van der Waals surface area contributed by atoms with Gasteiger partial charge in [-0.25, -0.2) is 4.79 Å². The summed E-state index contributed by atoms with van der Waals surface area (Å²) in [6.45, 7) is 4.27. The van der Waals surface area contributed by atoms with Crippen LogP contribution >= 0.6 is 0 Å². The monoisotopic (exact) mass is 725 g/mol. The van der Waals surface area contributed by atoms with Gasteiger partial charge in [0.1, 0.15) is 11.6 Å². The normalized spacial score (nSPS) is 13.5. The number of amides is 8. The second kappa shape index (κ2) is 21.6. The Morgan fingerprint density at radius 3 is 1.90 bits per heavy atom. The minimum absolute atomic E-state index is 0.120. The number of hydrazine groups is 1. The molecule has 8 N–H and O–H groups in total. The molecule has 2 atom stereocenters. The molecule has 0 aromatic heterocycles. The summed E-state index contributed by atoms with van der Waals surface area (Å²) in [6, 6.07) is -2.44. The molecule has 1 aliphatic rings. The van der Waals surface area contributed by atoms with Crippen LogP contribution in [0.5, 0.6) is 0 Å². The van der Waals surface area contributed by atoms with Gasteiger partial charge in [-0.2, -0.15) is 5.01 Å². The molecule has 0 fully saturated rings. The molecule has 1 rings (SSSR count). The Morgan fingerprint density at radius 2 is 1.33 bits per heavy atom. The van der Waals surface area contributed by atoms with Crippen LogP contribution in [0.4, 0.5) is 4.79 Å². The van der Waals surface area contributed by atoms with Crippen molar-refractivity contribution >= 4 is 59.4 Å². The summed E-state index contributed by atoms with van der Waals surface area (Å²) < 4.78 is 5.22. The maximum absolute atomic E-state index is 12.9. The first-order chi connectivity index (χ1) is 23.8. The zero-order valence-electron chi connectivity index (χ0n) is 28.9. The van der Waals surface area contributed by atoms with Crippen molar-refractivity contribution in [3.63, 3.8) is 0 Å². The van der Waals surface area contributed by atoms with Crippen molar-refractivity contribution in [2.45, 2.75) is 103 Å². The Bertz CT molecular complexity index is 1340. The number of carboxylic acid groups (broad SMARTS) is 2. The summed E-state index contributed by atoms with van der Waals surface area (Å²) in [5.41, 5.74) is 6.74. The molecule has 0 saturated carbocycles. The van der Waals surface area contributed by atoms with Crippen LogP contribution in [0, 0.1) is 0 Å². The van der Waals surface area contributed by atoms with Crippen molar-refractivity contribution in [3.05, 3.63) is 12.2 Å². The second-order valence-electron chi connectivity index (χ2n) is 12.4. The van der Waals surface area contributed by atoms with Crippen LogP contribution in [0.3, 0.4) is 0 Å². The third-order valence-electron chi connectivity index (χ3n) is 6.84. The summed E-state index contributed by atoms with van der Waals surface area (Å²) in [7, 11) is 0. The van der Waals surface area contributed by atoms with E-state index in [9.17, 15) is 47.9 Å². The molecule has 0 spiro atoms. The van der Waals surface area contributed by atoms with Crippen LogP contribution < -0.4 is 27.1 Å². The first kappa shape index (κ1) is 43.6. The number of hydrogen-bond donors (Lipinski definition) is 7. The number of carboxylic acids is 2. The number of carbonyl (C=O) groups is 10. The quantitative estimate of drug-likeness (QED) is 0.0417. The van der Waals surface area contributed by atoms with Crippen molar-refractivity contribution < 1.29 is 62.9 Å². The van der Waals surface area contributed by atoms with Crippen LogP contribution in [-0.4, -0.2) is 117 Å². The summed E-state index contributed by atoms with van der Waals surface area (Å²) in [6.07, 6.45) is 0.0361. The highest BCUT2D eigenvalue weighted by atomic mass is 16.6. The number of aliphatic carboxylic acids is 2. The highest BCUT2D eigenvalue weighted by Gasteiger charge is 2.29. The highest BCUT2D eigenvalue weighted by Crippen LogP contribution is 2.12. The van der Waals surface area contributed by atoms with Crippen LogP contribution in [0.15, 0.2) is 12.2 Å². The molecular weight excluding hydrogens is 678 g/mol. The van der Waals surface area contributed by atoms with Gasteiger partial charge in [0, 0.05) is 63.9 Å². The number of carbonyl (C=O) groups excluding carboxylic acids is 8. The molecule has 0 radical (unpaired) electrons. The van der Waals surface area contributed by atoms with Crippen molar-refractivity contribution in [1.82, 2.24) is 31.3 Å². The molecule has 20 nitrogen and oxygen atoms in total. The Hall–Kier alpha value is -5.40. The number of imide groups is 2. The van der Waals surface area contributed by atoms with Crippen LogP contribution in [0.2, 0.25) is 0 Å². The average Bonchev–Trinajstić information content (AvgIpc) is 3.35. The van der Waals surface area contributed by atoms with E-state index in [1.54, 1.807) is 20.8 Å². The molecule has 0 unspecified atom stereocenters. The molecule has 0 aromatic rings. The maximum Gasteiger partial charge on any atom is 0.436 e. The number of ether oxygens (including phenoxy) is 1. The Morgan fingerprint density at radius 1 is 0.784 bits per heavy atom. The lowest BCUT2D eigenvalue weighted by Gasteiger charge is -2.26. The van der Waals surface area contributed by atoms with E-state index in [0.717, 1.165) is 17.1 Å². The first-order valence-electron chi connectivity index (χ1n) is 16.2. The van der Waals surface area contributed by atoms with E-state index in [-0.39, 0.29) is 58.2 Å². The van der Waals surface area contributed by atoms with Crippen molar-refractivity contribution in [2.75, 3.05) is 19.6 Å². The Kier molecular flexibility index (Phi) is 18.5. The predicted octanol–water partition coefficient (Wildman–Crippen LogP) is -1.18. The van der Waals surface area contributed by atoms with E-state index >= 15 is 0 Å². The molecule has 1 heterocycles. The third-order valence-corrected chi connectivity index (χ3v) is 6.84. The van der Waals surface area contributed by atoms with Crippen molar-refractivity contribution in [2.24, 2.45) is 5.73 Å². The smallest absolute Gasteiger partial charge is 0.436 e. The van der Waals surface area contributed by atoms with Gasteiger partial charge in [-0.3, -0.25) is 53.5 Å². The van der Waals surface area contributed by atoms with Gasteiger partial charge >= 0.3 is 18.0 Å². The molecule has 20 heteroatoms. The van der Waals surface area contributed by atoms with Crippen molar-refractivity contribution in [1.29, 1.82) is 0 Å². The van der Waals surface area contributed by atoms with Gasteiger partial charge in [0.25, 0.3) is 17.7 Å². The summed E-state index contributed by atoms with van der Waals surface area (Å²) in [5, 5.41) is 25.3. The number of hydrogen-bond acceptors (Lipinski definition) is 12. The van der Waals surface area contributed by atoms with Gasteiger partial charge in [-0.1, -0.05) is 6.42 Å². The zero-order valence-corrected chi connectivity index (χ0v) is 28.9. The SMILES string of the molecule is CC(C)(C)OC(=O)N(NC(=O)CCNC(=O)[C@H](CCC(=O)O)NC(=O)CCNC(=O)[C@@H](N)CCC(=O)O)C(=O)CCCCCN1C(=O)C=CC1=O. The second-order valence-corrected chi connectivity index (χ2v) is 12.4. The Balaban J connectivity index is 2.67. The standard InChI is InChI=1S/C31H47N7O13/c1-31(2,3)51-30(50)38(25(43)7-5-4-6-18-37-23(41)10-11-24(37)42)36-22(40)15-17-34-29(49)20(9-13-27(46)47)35-21(39)14-16-33-28(48)19(32)8-12-26(44)45/h10-11,19-20H,4-9,12-18,32H2,1-3H3,(H,33,48)(H,34,49)(H,35,39)(H,36,40)(H,44,45)(H,46,47)/t19-,20-/m0/s1. The number of nitrogens with zero attached hydrogens (tertiary/aromatic N) is 2. The fourth-order valence-corrected chi connectivity index (χ4v) is 4.25. The molecule has 1 aliphatic heterocycles. The van der Waals surface area contributed by atoms with Crippen LogP contribution in [0.25, 0.3) is 0 Å². The summed E-state index contributed by atoms with van der Waals surface area (Å²) in [5.74, 6) is -7.13. The summed E-state index contributed by atoms with van der Waals surface area (Å²) >= 11 is 0. The van der Waals surface area contributed by atoms with Gasteiger partial charge in [-0.15, -0.1) is 0 Å². The molecule has 284 valence electrons. The lowest BCUT2D eigenvalue weighted by Crippen LogP contribution is -2.52. The van der Waals surface area contributed by atoms with Gasteiger partial charge < -0.3 is 36.6 Å². The lowest BCUT2D eigenvalue weighted by atomic mass is 10.1. The fraction of sp³-hybridized carbons (Fsp3) is 0.613.